The highest BCUT2D eigenvalue weighted by atomic mass is 35.5. The molecule has 0 saturated carbocycles. The molecule has 12 heteroatoms. The van der Waals surface area contributed by atoms with Crippen LogP contribution in [-0.4, -0.2) is 30.9 Å². The number of H-pyrrole nitrogens is 1. The summed E-state index contributed by atoms with van der Waals surface area (Å²) in [6, 6.07) is 12.6. The van der Waals surface area contributed by atoms with Gasteiger partial charge in [-0.1, -0.05) is 35.9 Å². The summed E-state index contributed by atoms with van der Waals surface area (Å²) < 4.78 is 55.3. The highest BCUT2D eigenvalue weighted by Crippen LogP contribution is 2.33. The van der Waals surface area contributed by atoms with E-state index < -0.39 is 17.7 Å². The largest absolute Gasteiger partial charge is 0.435 e. The van der Waals surface area contributed by atoms with Crippen LogP contribution in [0.5, 0.6) is 0 Å². The van der Waals surface area contributed by atoms with E-state index in [1.807, 2.05) is 0 Å². The first-order valence-corrected chi connectivity index (χ1v) is 9.42. The summed E-state index contributed by atoms with van der Waals surface area (Å²) in [5, 5.41) is 14.8. The number of hydrogen-bond donors (Lipinski definition) is 1. The lowest BCUT2D eigenvalue weighted by atomic mass is 10.1. The smallest absolute Gasteiger partial charge is 0.248 e. The van der Waals surface area contributed by atoms with Crippen molar-refractivity contribution in [1.29, 1.82) is 0 Å². The van der Waals surface area contributed by atoms with Crippen LogP contribution in [0.15, 0.2) is 59.7 Å². The molecule has 0 spiro atoms. The van der Waals surface area contributed by atoms with Crippen molar-refractivity contribution in [3.05, 3.63) is 81.5 Å². The van der Waals surface area contributed by atoms with E-state index in [0.717, 1.165) is 15.4 Å². The van der Waals surface area contributed by atoms with Gasteiger partial charge in [0.1, 0.15) is 5.82 Å². The maximum absolute atomic E-state index is 13.4. The Morgan fingerprint density at radius 3 is 2.39 bits per heavy atom. The molecule has 158 valence electrons. The van der Waals surface area contributed by atoms with Gasteiger partial charge in [-0.15, -0.1) is 5.10 Å². The lowest BCUT2D eigenvalue weighted by Gasteiger charge is -2.06. The molecule has 0 unspecified atom stereocenters. The molecular weight excluding hydrogens is 456 g/mol. The molecule has 0 bridgehead atoms. The van der Waals surface area contributed by atoms with Crippen LogP contribution < -0.4 is 0 Å². The highest BCUT2D eigenvalue weighted by Gasteiger charge is 2.36. The summed E-state index contributed by atoms with van der Waals surface area (Å²) >= 11 is 11.0. The number of alkyl halides is 3. The van der Waals surface area contributed by atoms with Crippen LogP contribution in [0, 0.1) is 10.6 Å². The van der Waals surface area contributed by atoms with Crippen molar-refractivity contribution in [3.63, 3.8) is 0 Å². The molecule has 6 nitrogen and oxygen atoms in total. The number of halogens is 5. The molecule has 1 N–H and O–H groups in total. The van der Waals surface area contributed by atoms with Crippen molar-refractivity contribution in [1.82, 2.24) is 24.7 Å². The van der Waals surface area contributed by atoms with Gasteiger partial charge in [-0.05, 0) is 48.1 Å². The van der Waals surface area contributed by atoms with E-state index in [4.69, 9.17) is 23.8 Å². The zero-order chi connectivity index (χ0) is 22.2. The molecule has 0 saturated heterocycles. The summed E-state index contributed by atoms with van der Waals surface area (Å²) in [5.74, 6) is -0.509. The minimum absolute atomic E-state index is 0.0273. The quantitative estimate of drug-likeness (QED) is 0.246. The SMILES string of the molecule is Fc1ccc(C=Nn2c(-n3nc(C(F)(F)F)cc3-c3ccc(Cl)cc3)n[nH]c2=S)cc1. The lowest BCUT2D eigenvalue weighted by Crippen LogP contribution is -2.10. The molecular formula is C19H11ClF4N6S. The summed E-state index contributed by atoms with van der Waals surface area (Å²) in [4.78, 5) is 0. The number of benzene rings is 2. The second-order valence-electron chi connectivity index (χ2n) is 6.27. The van der Waals surface area contributed by atoms with Gasteiger partial charge in [0.25, 0.3) is 5.95 Å². The molecule has 2 heterocycles. The second-order valence-corrected chi connectivity index (χ2v) is 7.09. The van der Waals surface area contributed by atoms with Crippen molar-refractivity contribution >= 4 is 30.0 Å². The molecule has 0 fully saturated rings. The van der Waals surface area contributed by atoms with Gasteiger partial charge in [-0.25, -0.2) is 9.49 Å². The van der Waals surface area contributed by atoms with Gasteiger partial charge in [-0.3, -0.25) is 0 Å². The van der Waals surface area contributed by atoms with E-state index in [1.165, 1.54) is 30.5 Å². The van der Waals surface area contributed by atoms with E-state index in [2.05, 4.69) is 20.4 Å². The standard InChI is InChI=1S/C19H11ClF4N6S/c20-13-5-3-12(4-6-13)15-9-16(19(22,23)24)28-29(15)17-26-27-18(31)30(17)25-10-11-1-7-14(21)8-2-11/h1-10H,(H,27,31). The molecule has 4 aromatic rings. The number of hydrogen-bond acceptors (Lipinski definition) is 4. The van der Waals surface area contributed by atoms with Crippen molar-refractivity contribution in [3.8, 4) is 17.2 Å². The predicted octanol–water partition coefficient (Wildman–Crippen LogP) is 5.49. The Morgan fingerprint density at radius 1 is 1.06 bits per heavy atom. The summed E-state index contributed by atoms with van der Waals surface area (Å²) in [5.41, 5.74) is -0.0307. The Kier molecular flexibility index (Phi) is 5.46. The third kappa shape index (κ3) is 4.42. The molecule has 0 aliphatic carbocycles. The van der Waals surface area contributed by atoms with Crippen LogP contribution in [0.3, 0.4) is 0 Å². The Hall–Kier alpha value is -3.31. The van der Waals surface area contributed by atoms with Crippen LogP contribution in [0.4, 0.5) is 17.6 Å². The molecule has 2 aromatic carbocycles. The number of nitrogens with one attached hydrogen (secondary N) is 1. The summed E-state index contributed by atoms with van der Waals surface area (Å²) in [6.45, 7) is 0. The van der Waals surface area contributed by atoms with Gasteiger partial charge in [0.15, 0.2) is 5.69 Å². The fraction of sp³-hybridized carbons (Fsp3) is 0.0526. The Bertz CT molecular complexity index is 1300. The maximum Gasteiger partial charge on any atom is 0.435 e. The lowest BCUT2D eigenvalue weighted by molar-refractivity contribution is -0.141. The number of aromatic nitrogens is 5. The first-order chi connectivity index (χ1) is 14.7. The van der Waals surface area contributed by atoms with Crippen molar-refractivity contribution in [2.24, 2.45) is 5.10 Å². The Morgan fingerprint density at radius 2 is 1.74 bits per heavy atom. The fourth-order valence-corrected chi connectivity index (χ4v) is 3.00. The number of aromatic amines is 1. The molecule has 4 rings (SSSR count). The minimum Gasteiger partial charge on any atom is -0.248 e. The summed E-state index contributed by atoms with van der Waals surface area (Å²) in [7, 11) is 0. The van der Waals surface area contributed by atoms with Gasteiger partial charge in [0, 0.05) is 10.6 Å². The molecule has 0 aliphatic heterocycles. The van der Waals surface area contributed by atoms with Crippen LogP contribution in [0.25, 0.3) is 17.2 Å². The number of nitrogens with zero attached hydrogens (tertiary/aromatic N) is 5. The van der Waals surface area contributed by atoms with Crippen molar-refractivity contribution in [2.45, 2.75) is 6.18 Å². The third-order valence-electron chi connectivity index (χ3n) is 4.15. The molecule has 2 aromatic heterocycles. The monoisotopic (exact) mass is 466 g/mol. The van der Waals surface area contributed by atoms with Crippen LogP contribution >= 0.6 is 23.8 Å². The van der Waals surface area contributed by atoms with Crippen LogP contribution in [-0.2, 0) is 6.18 Å². The molecule has 0 radical (unpaired) electrons. The van der Waals surface area contributed by atoms with Crippen LogP contribution in [0.1, 0.15) is 11.3 Å². The van der Waals surface area contributed by atoms with Gasteiger partial charge in [0.05, 0.1) is 11.9 Å². The van der Waals surface area contributed by atoms with E-state index in [0.29, 0.717) is 16.1 Å². The van der Waals surface area contributed by atoms with Gasteiger partial charge < -0.3 is 0 Å². The average molecular weight is 467 g/mol. The summed E-state index contributed by atoms with van der Waals surface area (Å²) in [6.07, 6.45) is -3.31. The maximum atomic E-state index is 13.4. The first kappa shape index (κ1) is 20.9. The van der Waals surface area contributed by atoms with E-state index in [9.17, 15) is 17.6 Å². The van der Waals surface area contributed by atoms with Crippen molar-refractivity contribution < 1.29 is 17.6 Å². The first-order valence-electron chi connectivity index (χ1n) is 8.63. The van der Waals surface area contributed by atoms with E-state index >= 15 is 0 Å². The average Bonchev–Trinajstić information content (AvgIpc) is 3.32. The topological polar surface area (TPSA) is 63.8 Å². The molecule has 0 aliphatic rings. The van der Waals surface area contributed by atoms with Gasteiger partial charge in [-0.2, -0.15) is 32.7 Å². The zero-order valence-corrected chi connectivity index (χ0v) is 16.9. The third-order valence-corrected chi connectivity index (χ3v) is 4.67. The van der Waals surface area contributed by atoms with Gasteiger partial charge >= 0.3 is 6.18 Å². The normalized spacial score (nSPS) is 12.0. The minimum atomic E-state index is -4.68. The second kappa shape index (κ2) is 8.08. The number of rotatable bonds is 4. The predicted molar refractivity (Wildman–Crippen MR) is 109 cm³/mol. The Balaban J connectivity index is 1.84. The molecule has 31 heavy (non-hydrogen) atoms. The van der Waals surface area contributed by atoms with Crippen LogP contribution in [0.2, 0.25) is 5.02 Å². The molecule has 0 atom stereocenters. The zero-order valence-electron chi connectivity index (χ0n) is 15.3. The highest BCUT2D eigenvalue weighted by molar-refractivity contribution is 7.71. The van der Waals surface area contributed by atoms with Gasteiger partial charge in [0.2, 0.25) is 4.77 Å². The van der Waals surface area contributed by atoms with E-state index in [-0.39, 0.29) is 16.4 Å². The van der Waals surface area contributed by atoms with Crippen molar-refractivity contribution in [2.75, 3.05) is 0 Å². The molecule has 0 amide bonds. The Labute approximate surface area is 182 Å². The van der Waals surface area contributed by atoms with E-state index in [1.54, 1.807) is 24.3 Å². The fourth-order valence-electron chi connectivity index (χ4n) is 2.70.